The number of rotatable bonds is 17. The summed E-state index contributed by atoms with van der Waals surface area (Å²) in [6, 6.07) is 0. The maximum absolute atomic E-state index is 10.6. The average Bonchev–Trinajstić information content (AvgIpc) is 3.40. The van der Waals surface area contributed by atoms with Crippen molar-refractivity contribution >= 4 is 11.6 Å². The van der Waals surface area contributed by atoms with Crippen LogP contribution in [0.3, 0.4) is 0 Å². The minimum absolute atomic E-state index is 0.0429. The number of halogens is 1. The Morgan fingerprint density at radius 2 is 1.39 bits per heavy atom. The lowest BCUT2D eigenvalue weighted by Gasteiger charge is -2.24. The summed E-state index contributed by atoms with van der Waals surface area (Å²) in [6.07, 6.45) is 14.9. The molecule has 2 rings (SSSR count). The summed E-state index contributed by atoms with van der Waals surface area (Å²) < 4.78 is 12.3. The lowest BCUT2D eigenvalue weighted by Crippen LogP contribution is -2.34. The molecule has 3 N–H and O–H groups in total. The smallest absolute Gasteiger partial charge is 0.100 e. The number of aliphatic hydroxyl groups excluding tert-OH is 3. The predicted molar refractivity (Wildman–Crippen MR) is 126 cm³/mol. The second-order valence-corrected chi connectivity index (χ2v) is 10.2. The Hall–Kier alpha value is 0.0900. The van der Waals surface area contributed by atoms with E-state index in [4.69, 9.17) is 26.2 Å². The first kappa shape index (κ1) is 27.3. The van der Waals surface area contributed by atoms with E-state index in [2.05, 4.69) is 6.92 Å². The highest BCUT2D eigenvalue weighted by atomic mass is 35.5. The first-order valence-electron chi connectivity index (χ1n) is 13.0. The van der Waals surface area contributed by atoms with Crippen molar-refractivity contribution in [2.45, 2.75) is 152 Å². The summed E-state index contributed by atoms with van der Waals surface area (Å²) in [5.41, 5.74) is 0. The second-order valence-electron chi connectivity index (χ2n) is 9.65. The highest BCUT2D eigenvalue weighted by Crippen LogP contribution is 2.36. The van der Waals surface area contributed by atoms with Gasteiger partial charge in [0.15, 0.2) is 0 Å². The van der Waals surface area contributed by atoms with Crippen molar-refractivity contribution in [3.8, 4) is 0 Å². The van der Waals surface area contributed by atoms with Crippen LogP contribution in [-0.4, -0.2) is 63.9 Å². The number of hydrogen-bond acceptors (Lipinski definition) is 5. The maximum atomic E-state index is 10.6. The molecule has 0 aromatic heterocycles. The van der Waals surface area contributed by atoms with Gasteiger partial charge in [-0.2, -0.15) is 0 Å². The van der Waals surface area contributed by atoms with Crippen molar-refractivity contribution in [1.29, 1.82) is 0 Å². The van der Waals surface area contributed by atoms with Crippen molar-refractivity contribution in [3.63, 3.8) is 0 Å². The maximum Gasteiger partial charge on any atom is 0.100 e. The zero-order valence-electron chi connectivity index (χ0n) is 19.6. The fourth-order valence-corrected chi connectivity index (χ4v) is 5.40. The number of aliphatic hydroxyl groups is 3. The molecule has 0 unspecified atom stereocenters. The Morgan fingerprint density at radius 1 is 0.774 bits per heavy atom. The third-order valence-electron chi connectivity index (χ3n) is 6.97. The molecule has 0 amide bonds. The normalized spacial score (nSPS) is 30.7. The SMILES string of the molecule is CCCCCCCCCC[C@@H](O)[C@@H]1O[C@H]([C@H]2CC[C@H]([C@H](O)CCCCCO)O2)C[C@H]1Cl. The molecule has 2 heterocycles. The minimum atomic E-state index is -0.512. The fraction of sp³-hybridized carbons (Fsp3) is 1.00. The van der Waals surface area contributed by atoms with Crippen LogP contribution in [0.5, 0.6) is 0 Å². The molecule has 2 aliphatic rings. The molecule has 0 saturated carbocycles. The van der Waals surface area contributed by atoms with Gasteiger partial charge >= 0.3 is 0 Å². The molecule has 0 aromatic rings. The lowest BCUT2D eigenvalue weighted by atomic mass is 10.0. The van der Waals surface area contributed by atoms with E-state index in [1.807, 2.05) is 0 Å². The molecule has 0 bridgehead atoms. The van der Waals surface area contributed by atoms with Crippen molar-refractivity contribution in [2.75, 3.05) is 6.61 Å². The standard InChI is InChI=1S/C25H47ClO5/c1-2-3-4-5-6-7-8-10-14-21(29)25-19(26)18-24(31-25)23-16-15-22(30-23)20(28)13-11-9-12-17-27/h19-25,27-29H,2-18H2,1H3/t19-,20-,21-,22-,23-,24+,25-/m1/s1. The van der Waals surface area contributed by atoms with Crippen molar-refractivity contribution in [1.82, 2.24) is 0 Å². The van der Waals surface area contributed by atoms with Crippen LogP contribution >= 0.6 is 11.6 Å². The van der Waals surface area contributed by atoms with Crippen LogP contribution in [-0.2, 0) is 9.47 Å². The lowest BCUT2D eigenvalue weighted by molar-refractivity contribution is -0.110. The summed E-state index contributed by atoms with van der Waals surface area (Å²) in [4.78, 5) is 0. The van der Waals surface area contributed by atoms with Crippen LogP contribution < -0.4 is 0 Å². The summed E-state index contributed by atoms with van der Waals surface area (Å²) in [5, 5.41) is 29.7. The number of alkyl halides is 1. The number of ether oxygens (including phenoxy) is 2. The summed E-state index contributed by atoms with van der Waals surface area (Å²) >= 11 is 6.54. The van der Waals surface area contributed by atoms with Gasteiger partial charge in [0.05, 0.1) is 35.9 Å². The van der Waals surface area contributed by atoms with E-state index < -0.39 is 12.2 Å². The zero-order chi connectivity index (χ0) is 22.5. The van der Waals surface area contributed by atoms with Gasteiger partial charge in [-0.25, -0.2) is 0 Å². The Bertz CT molecular complexity index is 452. The predicted octanol–water partition coefficient (Wildman–Crippen LogP) is 5.10. The molecule has 5 nitrogen and oxygen atoms in total. The van der Waals surface area contributed by atoms with Crippen molar-refractivity contribution < 1.29 is 24.8 Å². The van der Waals surface area contributed by atoms with Crippen molar-refractivity contribution in [2.24, 2.45) is 0 Å². The van der Waals surface area contributed by atoms with Crippen LogP contribution in [0.4, 0.5) is 0 Å². The van der Waals surface area contributed by atoms with Gasteiger partial charge in [0, 0.05) is 6.61 Å². The summed E-state index contributed by atoms with van der Waals surface area (Å²) in [7, 11) is 0. The molecule has 31 heavy (non-hydrogen) atoms. The first-order chi connectivity index (χ1) is 15.1. The number of unbranched alkanes of at least 4 members (excludes halogenated alkanes) is 9. The first-order valence-corrected chi connectivity index (χ1v) is 13.4. The molecule has 7 atom stereocenters. The van der Waals surface area contributed by atoms with Gasteiger partial charge in [-0.3, -0.25) is 0 Å². The molecular weight excluding hydrogens is 416 g/mol. The minimum Gasteiger partial charge on any atom is -0.396 e. The Balaban J connectivity index is 1.62. The van der Waals surface area contributed by atoms with Gasteiger partial charge in [0.2, 0.25) is 0 Å². The van der Waals surface area contributed by atoms with Gasteiger partial charge in [0.25, 0.3) is 0 Å². The third-order valence-corrected chi connectivity index (χ3v) is 7.39. The molecule has 6 heteroatoms. The van der Waals surface area contributed by atoms with Gasteiger partial charge in [0.1, 0.15) is 6.10 Å². The zero-order valence-corrected chi connectivity index (χ0v) is 20.4. The summed E-state index contributed by atoms with van der Waals surface area (Å²) in [5.74, 6) is 0. The van der Waals surface area contributed by atoms with E-state index in [0.717, 1.165) is 51.4 Å². The van der Waals surface area contributed by atoms with E-state index in [1.165, 1.54) is 38.5 Å². The fourth-order valence-electron chi connectivity index (χ4n) is 5.00. The van der Waals surface area contributed by atoms with E-state index in [1.54, 1.807) is 0 Å². The van der Waals surface area contributed by atoms with E-state index in [9.17, 15) is 10.2 Å². The molecule has 2 saturated heterocycles. The molecule has 0 aliphatic carbocycles. The van der Waals surface area contributed by atoms with Crippen LogP contribution in [0, 0.1) is 0 Å². The van der Waals surface area contributed by atoms with Gasteiger partial charge in [-0.05, 0) is 38.5 Å². The van der Waals surface area contributed by atoms with Gasteiger partial charge < -0.3 is 24.8 Å². The molecule has 0 radical (unpaired) electrons. The largest absolute Gasteiger partial charge is 0.396 e. The van der Waals surface area contributed by atoms with E-state index in [0.29, 0.717) is 12.8 Å². The van der Waals surface area contributed by atoms with Crippen LogP contribution in [0.1, 0.15) is 110 Å². The quantitative estimate of drug-likeness (QED) is 0.207. The molecular formula is C25H47ClO5. The average molecular weight is 463 g/mol. The Kier molecular flexibility index (Phi) is 14.0. The highest BCUT2D eigenvalue weighted by Gasteiger charge is 2.44. The number of hydrogen-bond donors (Lipinski definition) is 3. The van der Waals surface area contributed by atoms with Crippen molar-refractivity contribution in [3.05, 3.63) is 0 Å². The molecule has 0 spiro atoms. The third kappa shape index (κ3) is 9.85. The van der Waals surface area contributed by atoms with E-state index >= 15 is 0 Å². The monoisotopic (exact) mass is 462 g/mol. The summed E-state index contributed by atoms with van der Waals surface area (Å²) in [6.45, 7) is 2.45. The Labute approximate surface area is 194 Å². The molecule has 0 aromatic carbocycles. The van der Waals surface area contributed by atoms with Gasteiger partial charge in [-0.1, -0.05) is 71.1 Å². The molecule has 184 valence electrons. The van der Waals surface area contributed by atoms with Gasteiger partial charge in [-0.15, -0.1) is 11.6 Å². The topological polar surface area (TPSA) is 79.2 Å². The van der Waals surface area contributed by atoms with Crippen LogP contribution in [0.2, 0.25) is 0 Å². The highest BCUT2D eigenvalue weighted by molar-refractivity contribution is 6.21. The van der Waals surface area contributed by atoms with Crippen LogP contribution in [0.15, 0.2) is 0 Å². The van der Waals surface area contributed by atoms with E-state index in [-0.39, 0.29) is 36.4 Å². The second kappa shape index (κ2) is 15.8. The molecule has 2 aliphatic heterocycles. The molecule has 2 fully saturated rings. The van der Waals surface area contributed by atoms with Crippen LogP contribution in [0.25, 0.3) is 0 Å². The Morgan fingerprint density at radius 3 is 2.06 bits per heavy atom.